The molecule has 2 aromatic carbocycles. The van der Waals surface area contributed by atoms with Crippen LogP contribution in [0.2, 0.25) is 5.02 Å². The fraction of sp³-hybridized carbons (Fsp3) is 0.150. The summed E-state index contributed by atoms with van der Waals surface area (Å²) < 4.78 is 12.4. The summed E-state index contributed by atoms with van der Waals surface area (Å²) in [6.07, 6.45) is 1.72. The van der Waals surface area contributed by atoms with Crippen LogP contribution in [0.5, 0.6) is 11.5 Å². The molecule has 0 radical (unpaired) electrons. The molecule has 0 aliphatic heterocycles. The molecule has 5 heteroatoms. The van der Waals surface area contributed by atoms with Crippen LogP contribution in [0.1, 0.15) is 11.1 Å². The number of hydrogen-bond donors (Lipinski definition) is 0. The van der Waals surface area contributed by atoms with Crippen LogP contribution in [0.4, 0.5) is 0 Å². The third kappa shape index (κ3) is 4.43. The number of nitrogens with zero attached hydrogens (tertiary/aromatic N) is 1. The van der Waals surface area contributed by atoms with Gasteiger partial charge in [-0.3, -0.25) is 4.79 Å². The number of aromatic nitrogens is 1. The quantitative estimate of drug-likeness (QED) is 0.667. The first kappa shape index (κ1) is 17.1. The maximum Gasteiger partial charge on any atom is 0.254 e. The predicted molar refractivity (Wildman–Crippen MR) is 98.6 cm³/mol. The highest BCUT2D eigenvalue weighted by Crippen LogP contribution is 2.17. The first-order chi connectivity index (χ1) is 12.2. The van der Waals surface area contributed by atoms with Gasteiger partial charge >= 0.3 is 0 Å². The zero-order chi connectivity index (χ0) is 17.6. The van der Waals surface area contributed by atoms with Crippen molar-refractivity contribution < 1.29 is 9.47 Å². The molecule has 0 atom stereocenters. The first-order valence-corrected chi connectivity index (χ1v) is 8.23. The Morgan fingerprint density at radius 3 is 2.44 bits per heavy atom. The Balaban J connectivity index is 1.67. The molecule has 0 aliphatic carbocycles. The van der Waals surface area contributed by atoms with Gasteiger partial charge in [0.25, 0.3) is 5.56 Å². The van der Waals surface area contributed by atoms with Gasteiger partial charge in [-0.25, -0.2) is 0 Å². The van der Waals surface area contributed by atoms with Crippen molar-refractivity contribution in [3.63, 3.8) is 0 Å². The Hall–Kier alpha value is -2.72. The highest BCUT2D eigenvalue weighted by atomic mass is 35.5. The van der Waals surface area contributed by atoms with Crippen LogP contribution >= 0.6 is 11.6 Å². The van der Waals surface area contributed by atoms with Crippen molar-refractivity contribution >= 4 is 11.6 Å². The fourth-order valence-electron chi connectivity index (χ4n) is 2.41. The normalized spacial score (nSPS) is 10.5. The van der Waals surface area contributed by atoms with E-state index in [0.717, 1.165) is 16.9 Å². The molecule has 0 spiro atoms. The topological polar surface area (TPSA) is 40.5 Å². The number of hydrogen-bond acceptors (Lipinski definition) is 3. The molecule has 128 valence electrons. The van der Waals surface area contributed by atoms with Crippen LogP contribution in [-0.2, 0) is 13.2 Å². The molecule has 3 aromatic rings. The molecule has 3 rings (SSSR count). The van der Waals surface area contributed by atoms with Gasteiger partial charge in [0.1, 0.15) is 18.1 Å². The van der Waals surface area contributed by atoms with E-state index in [4.69, 9.17) is 21.1 Å². The lowest BCUT2D eigenvalue weighted by atomic mass is 10.2. The number of halogens is 1. The van der Waals surface area contributed by atoms with Gasteiger partial charge in [-0.15, -0.1) is 0 Å². The molecule has 4 nitrogen and oxygen atoms in total. The van der Waals surface area contributed by atoms with E-state index in [9.17, 15) is 4.79 Å². The molecule has 1 heterocycles. The van der Waals surface area contributed by atoms with Gasteiger partial charge in [0.15, 0.2) is 0 Å². The van der Waals surface area contributed by atoms with E-state index < -0.39 is 0 Å². The second-order valence-corrected chi connectivity index (χ2v) is 5.96. The monoisotopic (exact) mass is 355 g/mol. The molecule has 0 fully saturated rings. The van der Waals surface area contributed by atoms with Crippen LogP contribution in [-0.4, -0.2) is 11.7 Å². The summed E-state index contributed by atoms with van der Waals surface area (Å²) in [5, 5.41) is 0.647. The molecule has 0 aliphatic rings. The Bertz CT molecular complexity index is 903. The standard InChI is InChI=1S/C20H18ClNO3/c1-24-17-8-6-15(7-9-17)14-25-18-10-11-22(20(23)12-18)13-16-4-2-3-5-19(16)21/h2-12H,13-14H2,1H3. The molecule has 0 bridgehead atoms. The van der Waals surface area contributed by atoms with E-state index in [1.807, 2.05) is 48.5 Å². The third-order valence-corrected chi connectivity index (χ3v) is 4.20. The second kappa shape index (κ2) is 7.90. The predicted octanol–water partition coefficient (Wildman–Crippen LogP) is 4.14. The van der Waals surface area contributed by atoms with Crippen molar-refractivity contribution in [1.29, 1.82) is 0 Å². The summed E-state index contributed by atoms with van der Waals surface area (Å²) in [4.78, 5) is 12.3. The number of ether oxygens (including phenoxy) is 2. The van der Waals surface area contributed by atoms with E-state index in [1.165, 1.54) is 6.07 Å². The number of pyridine rings is 1. The van der Waals surface area contributed by atoms with Gasteiger partial charge in [-0.1, -0.05) is 41.9 Å². The van der Waals surface area contributed by atoms with E-state index in [1.54, 1.807) is 23.9 Å². The van der Waals surface area contributed by atoms with Gasteiger partial charge in [-0.05, 0) is 35.4 Å². The summed E-state index contributed by atoms with van der Waals surface area (Å²) in [5.41, 5.74) is 1.77. The van der Waals surface area contributed by atoms with Crippen LogP contribution in [0, 0.1) is 0 Å². The van der Waals surface area contributed by atoms with Crippen molar-refractivity contribution in [3.8, 4) is 11.5 Å². The largest absolute Gasteiger partial charge is 0.497 e. The molecule has 25 heavy (non-hydrogen) atoms. The highest BCUT2D eigenvalue weighted by Gasteiger charge is 2.04. The number of methoxy groups -OCH3 is 1. The number of benzene rings is 2. The highest BCUT2D eigenvalue weighted by molar-refractivity contribution is 6.31. The second-order valence-electron chi connectivity index (χ2n) is 5.56. The molecule has 0 amide bonds. The Morgan fingerprint density at radius 1 is 1.00 bits per heavy atom. The molecule has 0 saturated heterocycles. The molecule has 0 unspecified atom stereocenters. The van der Waals surface area contributed by atoms with Crippen LogP contribution in [0.25, 0.3) is 0 Å². The van der Waals surface area contributed by atoms with Crippen LogP contribution in [0.3, 0.4) is 0 Å². The van der Waals surface area contributed by atoms with Crippen molar-refractivity contribution in [3.05, 3.63) is 93.4 Å². The van der Waals surface area contributed by atoms with Crippen LogP contribution in [0.15, 0.2) is 71.7 Å². The van der Waals surface area contributed by atoms with Crippen molar-refractivity contribution in [2.45, 2.75) is 13.2 Å². The first-order valence-electron chi connectivity index (χ1n) is 7.85. The zero-order valence-electron chi connectivity index (χ0n) is 13.8. The molecular weight excluding hydrogens is 338 g/mol. The van der Waals surface area contributed by atoms with Gasteiger partial charge in [-0.2, -0.15) is 0 Å². The molecule has 0 N–H and O–H groups in total. The van der Waals surface area contributed by atoms with E-state index in [-0.39, 0.29) is 5.56 Å². The van der Waals surface area contributed by atoms with Crippen molar-refractivity contribution in [2.75, 3.05) is 7.11 Å². The SMILES string of the molecule is COc1ccc(COc2ccn(Cc3ccccc3Cl)c(=O)c2)cc1. The van der Waals surface area contributed by atoms with E-state index in [2.05, 4.69) is 0 Å². The van der Waals surface area contributed by atoms with Gasteiger partial charge < -0.3 is 14.0 Å². The van der Waals surface area contributed by atoms with Crippen LogP contribution < -0.4 is 15.0 Å². The minimum Gasteiger partial charge on any atom is -0.497 e. The van der Waals surface area contributed by atoms with E-state index >= 15 is 0 Å². The smallest absolute Gasteiger partial charge is 0.254 e. The fourth-order valence-corrected chi connectivity index (χ4v) is 2.60. The zero-order valence-corrected chi connectivity index (χ0v) is 14.6. The Labute approximate surface area is 151 Å². The summed E-state index contributed by atoms with van der Waals surface area (Å²) in [5.74, 6) is 1.34. The van der Waals surface area contributed by atoms with Crippen molar-refractivity contribution in [2.24, 2.45) is 0 Å². The molecule has 0 saturated carbocycles. The third-order valence-electron chi connectivity index (χ3n) is 3.83. The maximum atomic E-state index is 12.3. The van der Waals surface area contributed by atoms with Gasteiger partial charge in [0.05, 0.1) is 13.7 Å². The summed E-state index contributed by atoms with van der Waals surface area (Å²) in [6.45, 7) is 0.815. The molecule has 1 aromatic heterocycles. The maximum absolute atomic E-state index is 12.3. The van der Waals surface area contributed by atoms with Crippen molar-refractivity contribution in [1.82, 2.24) is 4.57 Å². The lowest BCUT2D eigenvalue weighted by Crippen LogP contribution is -2.19. The Kier molecular flexibility index (Phi) is 5.41. The Morgan fingerprint density at radius 2 is 1.76 bits per heavy atom. The van der Waals surface area contributed by atoms with E-state index in [0.29, 0.717) is 23.9 Å². The summed E-state index contributed by atoms with van der Waals surface area (Å²) in [7, 11) is 1.63. The lowest BCUT2D eigenvalue weighted by molar-refractivity contribution is 0.304. The average Bonchev–Trinajstić information content (AvgIpc) is 2.64. The lowest BCUT2D eigenvalue weighted by Gasteiger charge is -2.10. The van der Waals surface area contributed by atoms with Gasteiger partial charge in [0.2, 0.25) is 0 Å². The average molecular weight is 356 g/mol. The molecular formula is C20H18ClNO3. The minimum absolute atomic E-state index is 0.132. The number of rotatable bonds is 6. The summed E-state index contributed by atoms with van der Waals surface area (Å²) in [6, 6.07) is 18.4. The summed E-state index contributed by atoms with van der Waals surface area (Å²) >= 11 is 6.15. The van der Waals surface area contributed by atoms with Gasteiger partial charge in [0, 0.05) is 17.3 Å². The minimum atomic E-state index is -0.132.